The number of unbranched alkanes of at least 4 members (excludes halogenated alkanes) is 9. The maximum Gasteiger partial charge on any atom is 0.175 e. The van der Waals surface area contributed by atoms with E-state index in [0.717, 1.165) is 18.1 Å². The second-order valence-electron chi connectivity index (χ2n) is 7.52. The van der Waals surface area contributed by atoms with E-state index in [9.17, 15) is 0 Å². The molecule has 0 amide bonds. The molecule has 1 atom stereocenters. The molecule has 26 heavy (non-hydrogen) atoms. The summed E-state index contributed by atoms with van der Waals surface area (Å²) in [6.45, 7) is 9.44. The van der Waals surface area contributed by atoms with Crippen molar-refractivity contribution in [2.75, 3.05) is 6.61 Å². The molecule has 0 saturated carbocycles. The molecule has 1 unspecified atom stereocenters. The van der Waals surface area contributed by atoms with E-state index in [1.165, 1.54) is 84.9 Å². The maximum atomic E-state index is 5.98. The number of hydrogen-bond donors (Lipinski definition) is 0. The van der Waals surface area contributed by atoms with Crippen LogP contribution < -0.4 is 4.74 Å². The van der Waals surface area contributed by atoms with Crippen LogP contribution in [0.2, 0.25) is 0 Å². The van der Waals surface area contributed by atoms with Crippen LogP contribution in [0.4, 0.5) is 0 Å². The lowest BCUT2D eigenvalue weighted by Gasteiger charge is -2.06. The van der Waals surface area contributed by atoms with Gasteiger partial charge in [-0.05, 0) is 24.8 Å². The van der Waals surface area contributed by atoms with E-state index in [1.54, 1.807) is 0 Å². The van der Waals surface area contributed by atoms with Crippen molar-refractivity contribution in [2.45, 2.75) is 96.8 Å². The molecule has 2 rings (SSSR count). The molecule has 0 aliphatic heterocycles. The van der Waals surface area contributed by atoms with Crippen LogP contribution >= 0.6 is 22.7 Å². The fraction of sp³-hybridized carbons (Fsp3) is 0.696. The molecule has 2 aromatic heterocycles. The third-order valence-corrected chi connectivity index (χ3v) is 7.51. The molecule has 0 N–H and O–H groups in total. The van der Waals surface area contributed by atoms with E-state index in [0.29, 0.717) is 5.92 Å². The van der Waals surface area contributed by atoms with Gasteiger partial charge in [0, 0.05) is 20.3 Å². The largest absolute Gasteiger partial charge is 0.484 e. The molecule has 3 heteroatoms. The molecule has 2 aromatic rings. The van der Waals surface area contributed by atoms with E-state index >= 15 is 0 Å². The first-order valence-electron chi connectivity index (χ1n) is 10.7. The standard InChI is InChI=1S/C23H37OS2/c1-4-6-7-8-9-10-11-12-13-14-16-24-23-18-22-21(26-23)17-20(25-22)19(3)15-5-2/h17-19H,2,4-16H2,1,3H3. The lowest BCUT2D eigenvalue weighted by atomic mass is 10.1. The zero-order valence-electron chi connectivity index (χ0n) is 16.9. The van der Waals surface area contributed by atoms with Gasteiger partial charge in [0.1, 0.15) is 0 Å². The second kappa shape index (κ2) is 12.8. The molecule has 0 spiro atoms. The highest BCUT2D eigenvalue weighted by Crippen LogP contribution is 2.40. The van der Waals surface area contributed by atoms with Gasteiger partial charge in [0.25, 0.3) is 0 Å². The summed E-state index contributed by atoms with van der Waals surface area (Å²) in [7, 11) is 0. The summed E-state index contributed by atoms with van der Waals surface area (Å²) in [5.74, 6) is 0.633. The minimum absolute atomic E-state index is 0.633. The van der Waals surface area contributed by atoms with Crippen molar-refractivity contribution in [1.29, 1.82) is 0 Å². The topological polar surface area (TPSA) is 9.23 Å². The average molecular weight is 394 g/mol. The Labute approximate surface area is 169 Å². The van der Waals surface area contributed by atoms with Gasteiger partial charge < -0.3 is 4.74 Å². The molecule has 1 radical (unpaired) electrons. The molecule has 0 aromatic carbocycles. The van der Waals surface area contributed by atoms with Crippen LogP contribution in [0.25, 0.3) is 9.40 Å². The lowest BCUT2D eigenvalue weighted by molar-refractivity contribution is 0.313. The number of ether oxygens (including phenoxy) is 1. The van der Waals surface area contributed by atoms with E-state index < -0.39 is 0 Å². The summed E-state index contributed by atoms with van der Waals surface area (Å²) in [5, 5.41) is 1.10. The summed E-state index contributed by atoms with van der Waals surface area (Å²) >= 11 is 3.74. The summed E-state index contributed by atoms with van der Waals surface area (Å²) < 4.78 is 8.76. The third kappa shape index (κ3) is 7.60. The predicted molar refractivity (Wildman–Crippen MR) is 120 cm³/mol. The first-order valence-corrected chi connectivity index (χ1v) is 12.3. The van der Waals surface area contributed by atoms with Crippen molar-refractivity contribution >= 4 is 32.1 Å². The summed E-state index contributed by atoms with van der Waals surface area (Å²) in [5.41, 5.74) is 0. The van der Waals surface area contributed by atoms with Crippen LogP contribution in [0.5, 0.6) is 5.06 Å². The minimum atomic E-state index is 0.633. The van der Waals surface area contributed by atoms with Gasteiger partial charge in [0.15, 0.2) is 5.06 Å². The average Bonchev–Trinajstić information content (AvgIpc) is 3.18. The molecule has 147 valence electrons. The van der Waals surface area contributed by atoms with E-state index in [4.69, 9.17) is 4.74 Å². The van der Waals surface area contributed by atoms with Crippen molar-refractivity contribution in [3.05, 3.63) is 23.9 Å². The maximum absolute atomic E-state index is 5.98. The number of fused-ring (bicyclic) bond motifs is 1. The Hall–Kier alpha value is -0.540. The first kappa shape index (κ1) is 21.8. The number of rotatable bonds is 15. The summed E-state index contributed by atoms with van der Waals surface area (Å²) in [4.78, 5) is 1.50. The SMILES string of the molecule is [CH2]CCC(C)c1cc2sc(OCCCCCCCCCCCC)cc2s1. The molecule has 0 fully saturated rings. The molecule has 2 heterocycles. The van der Waals surface area contributed by atoms with Gasteiger partial charge in [-0.25, -0.2) is 0 Å². The van der Waals surface area contributed by atoms with Gasteiger partial charge in [0.2, 0.25) is 0 Å². The highest BCUT2D eigenvalue weighted by Gasteiger charge is 2.12. The lowest BCUT2D eigenvalue weighted by Crippen LogP contribution is -1.95. The minimum Gasteiger partial charge on any atom is -0.484 e. The van der Waals surface area contributed by atoms with Crippen LogP contribution in [0.3, 0.4) is 0 Å². The van der Waals surface area contributed by atoms with Gasteiger partial charge in [-0.3, -0.25) is 0 Å². The monoisotopic (exact) mass is 393 g/mol. The van der Waals surface area contributed by atoms with Crippen molar-refractivity contribution in [2.24, 2.45) is 0 Å². The highest BCUT2D eigenvalue weighted by molar-refractivity contribution is 7.28. The second-order valence-corrected chi connectivity index (χ2v) is 9.68. The Balaban J connectivity index is 1.55. The summed E-state index contributed by atoms with van der Waals surface area (Å²) in [6.07, 6.45) is 15.9. The molecule has 1 nitrogen and oxygen atoms in total. The number of thiophene rings is 2. The van der Waals surface area contributed by atoms with Crippen LogP contribution in [0.1, 0.15) is 102 Å². The van der Waals surface area contributed by atoms with Gasteiger partial charge in [-0.1, -0.05) is 96.3 Å². The van der Waals surface area contributed by atoms with E-state index in [-0.39, 0.29) is 0 Å². The Morgan fingerprint density at radius 3 is 2.12 bits per heavy atom. The van der Waals surface area contributed by atoms with Crippen LogP contribution in [0, 0.1) is 6.92 Å². The zero-order valence-corrected chi connectivity index (χ0v) is 18.5. The Morgan fingerprint density at radius 2 is 1.50 bits per heavy atom. The van der Waals surface area contributed by atoms with E-state index in [2.05, 4.69) is 32.9 Å². The van der Waals surface area contributed by atoms with Crippen LogP contribution in [0.15, 0.2) is 12.1 Å². The van der Waals surface area contributed by atoms with Gasteiger partial charge in [-0.2, -0.15) is 0 Å². The molecule has 0 aliphatic rings. The fourth-order valence-electron chi connectivity index (χ4n) is 3.36. The molecular weight excluding hydrogens is 356 g/mol. The van der Waals surface area contributed by atoms with Gasteiger partial charge in [-0.15, -0.1) is 11.3 Å². The Morgan fingerprint density at radius 1 is 0.885 bits per heavy atom. The van der Waals surface area contributed by atoms with Crippen molar-refractivity contribution < 1.29 is 4.74 Å². The molecule has 0 saturated heterocycles. The van der Waals surface area contributed by atoms with Crippen LogP contribution in [-0.2, 0) is 0 Å². The normalized spacial score (nSPS) is 12.7. The third-order valence-electron chi connectivity index (χ3n) is 5.07. The Bertz CT molecular complexity index is 567. The Kier molecular flexibility index (Phi) is 10.7. The first-order chi connectivity index (χ1) is 12.7. The summed E-state index contributed by atoms with van der Waals surface area (Å²) in [6, 6.07) is 4.60. The fourth-order valence-corrected chi connectivity index (χ4v) is 5.71. The number of hydrogen-bond acceptors (Lipinski definition) is 3. The van der Waals surface area contributed by atoms with Gasteiger partial charge in [0.05, 0.1) is 6.61 Å². The molecule has 0 bridgehead atoms. The highest BCUT2D eigenvalue weighted by atomic mass is 32.1. The van der Waals surface area contributed by atoms with Crippen molar-refractivity contribution in [3.63, 3.8) is 0 Å². The molecular formula is C23H37OS2. The van der Waals surface area contributed by atoms with Crippen molar-refractivity contribution in [3.8, 4) is 5.06 Å². The van der Waals surface area contributed by atoms with E-state index in [1.807, 2.05) is 22.7 Å². The zero-order chi connectivity index (χ0) is 18.6. The molecule has 0 aliphatic carbocycles. The predicted octanol–water partition coefficient (Wildman–Crippen LogP) is 8.98. The quantitative estimate of drug-likeness (QED) is 0.274. The van der Waals surface area contributed by atoms with Crippen molar-refractivity contribution in [1.82, 2.24) is 0 Å². The smallest absolute Gasteiger partial charge is 0.175 e. The van der Waals surface area contributed by atoms with Gasteiger partial charge >= 0.3 is 0 Å². The van der Waals surface area contributed by atoms with Crippen LogP contribution in [-0.4, -0.2) is 6.61 Å².